The third-order valence-corrected chi connectivity index (χ3v) is 4.66. The fourth-order valence-electron chi connectivity index (χ4n) is 3.09. The maximum atomic E-state index is 12.2. The highest BCUT2D eigenvalue weighted by molar-refractivity contribution is 5.78. The van der Waals surface area contributed by atoms with Crippen LogP contribution in [0.15, 0.2) is 42.5 Å². The molecular formula is C21H26N2O3. The molecule has 26 heavy (non-hydrogen) atoms. The second kappa shape index (κ2) is 8.13. The van der Waals surface area contributed by atoms with Gasteiger partial charge in [-0.05, 0) is 35.7 Å². The first-order chi connectivity index (χ1) is 12.5. The normalized spacial score (nSPS) is 15.6. The molecule has 0 aliphatic carbocycles. The van der Waals surface area contributed by atoms with E-state index in [-0.39, 0.29) is 11.8 Å². The van der Waals surface area contributed by atoms with Crippen LogP contribution < -0.4 is 19.7 Å². The summed E-state index contributed by atoms with van der Waals surface area (Å²) in [7, 11) is 5.65. The van der Waals surface area contributed by atoms with E-state index in [1.807, 2.05) is 61.5 Å². The first-order valence-electron chi connectivity index (χ1n) is 8.88. The van der Waals surface area contributed by atoms with E-state index in [9.17, 15) is 4.79 Å². The number of carbonyl (C=O) groups excluding carboxylic acids is 1. The molecule has 5 heteroatoms. The van der Waals surface area contributed by atoms with Crippen LogP contribution in [0.5, 0.6) is 11.5 Å². The highest BCUT2D eigenvalue weighted by Crippen LogP contribution is 2.30. The summed E-state index contributed by atoms with van der Waals surface area (Å²) in [6, 6.07) is 14.0. The van der Waals surface area contributed by atoms with Crippen molar-refractivity contribution in [3.8, 4) is 11.5 Å². The van der Waals surface area contributed by atoms with Crippen molar-refractivity contribution in [2.24, 2.45) is 5.92 Å². The maximum Gasteiger partial charge on any atom is 0.224 e. The average molecular weight is 354 g/mol. The monoisotopic (exact) mass is 354 g/mol. The van der Waals surface area contributed by atoms with Crippen molar-refractivity contribution < 1.29 is 14.3 Å². The van der Waals surface area contributed by atoms with Gasteiger partial charge in [0.25, 0.3) is 0 Å². The number of methoxy groups -OCH3 is 1. The lowest BCUT2D eigenvalue weighted by Crippen LogP contribution is -2.35. The molecule has 1 N–H and O–H groups in total. The van der Waals surface area contributed by atoms with Crippen LogP contribution in [-0.4, -0.2) is 40.3 Å². The van der Waals surface area contributed by atoms with Gasteiger partial charge in [-0.3, -0.25) is 4.79 Å². The smallest absolute Gasteiger partial charge is 0.224 e. The maximum absolute atomic E-state index is 12.2. The summed E-state index contributed by atoms with van der Waals surface area (Å²) < 4.78 is 11.1. The van der Waals surface area contributed by atoms with Gasteiger partial charge in [0.15, 0.2) is 0 Å². The zero-order valence-corrected chi connectivity index (χ0v) is 15.6. The highest BCUT2D eigenvalue weighted by Gasteiger charge is 2.21. The van der Waals surface area contributed by atoms with E-state index in [1.54, 1.807) is 7.11 Å². The first-order valence-corrected chi connectivity index (χ1v) is 8.88. The standard InChI is InChI=1S/C21H26N2O3/c1-23(2)18-7-4-15(5-8-18)11-21(24)22-13-16-10-17-6-9-19(25-3)12-20(17)26-14-16/h4-9,12,16H,10-11,13-14H2,1-3H3,(H,22,24). The number of fused-ring (bicyclic) bond motifs is 1. The van der Waals surface area contributed by atoms with Gasteiger partial charge >= 0.3 is 0 Å². The van der Waals surface area contributed by atoms with Gasteiger partial charge in [0.05, 0.1) is 20.1 Å². The van der Waals surface area contributed by atoms with Gasteiger partial charge in [-0.15, -0.1) is 0 Å². The summed E-state index contributed by atoms with van der Waals surface area (Å²) in [5, 5.41) is 3.04. The van der Waals surface area contributed by atoms with Crippen molar-refractivity contribution >= 4 is 11.6 Å². The lowest BCUT2D eigenvalue weighted by atomic mass is 9.96. The van der Waals surface area contributed by atoms with E-state index < -0.39 is 0 Å². The van der Waals surface area contributed by atoms with Crippen molar-refractivity contribution in [3.05, 3.63) is 53.6 Å². The molecule has 0 aromatic heterocycles. The zero-order chi connectivity index (χ0) is 18.5. The van der Waals surface area contributed by atoms with Gasteiger partial charge in [-0.2, -0.15) is 0 Å². The minimum absolute atomic E-state index is 0.0446. The van der Waals surface area contributed by atoms with Crippen molar-refractivity contribution in [2.45, 2.75) is 12.8 Å². The fourth-order valence-corrected chi connectivity index (χ4v) is 3.09. The summed E-state index contributed by atoms with van der Waals surface area (Å²) in [6.07, 6.45) is 1.30. The third-order valence-electron chi connectivity index (χ3n) is 4.66. The molecule has 0 radical (unpaired) electrons. The SMILES string of the molecule is COc1ccc2c(c1)OCC(CNC(=O)Cc1ccc(N(C)C)cc1)C2. The molecule has 1 heterocycles. The molecular weight excluding hydrogens is 328 g/mol. The van der Waals surface area contributed by atoms with E-state index in [2.05, 4.69) is 5.32 Å². The van der Waals surface area contributed by atoms with Gasteiger partial charge in [-0.25, -0.2) is 0 Å². The van der Waals surface area contributed by atoms with Gasteiger partial charge < -0.3 is 19.7 Å². The molecule has 2 aromatic carbocycles. The van der Waals surface area contributed by atoms with Crippen LogP contribution in [0.25, 0.3) is 0 Å². The quantitative estimate of drug-likeness (QED) is 0.867. The minimum Gasteiger partial charge on any atom is -0.497 e. The Bertz CT molecular complexity index is 756. The predicted molar refractivity (Wildman–Crippen MR) is 103 cm³/mol. The zero-order valence-electron chi connectivity index (χ0n) is 15.6. The molecule has 3 rings (SSSR count). The summed E-state index contributed by atoms with van der Waals surface area (Å²) in [4.78, 5) is 14.3. The molecule has 5 nitrogen and oxygen atoms in total. The number of nitrogens with one attached hydrogen (secondary N) is 1. The Balaban J connectivity index is 1.48. The summed E-state index contributed by atoms with van der Waals surface area (Å²) in [6.45, 7) is 1.23. The Kier molecular flexibility index (Phi) is 5.66. The van der Waals surface area contributed by atoms with Crippen LogP contribution >= 0.6 is 0 Å². The Morgan fingerprint density at radius 3 is 2.69 bits per heavy atom. The molecule has 1 unspecified atom stereocenters. The molecule has 1 aliphatic heterocycles. The minimum atomic E-state index is 0.0446. The molecule has 0 spiro atoms. The number of amides is 1. The van der Waals surface area contributed by atoms with Crippen LogP contribution in [0.2, 0.25) is 0 Å². The predicted octanol–water partition coefficient (Wildman–Crippen LogP) is 2.67. The molecule has 0 bridgehead atoms. The number of ether oxygens (including phenoxy) is 2. The number of nitrogens with zero attached hydrogens (tertiary/aromatic N) is 1. The largest absolute Gasteiger partial charge is 0.497 e. The third kappa shape index (κ3) is 4.48. The van der Waals surface area contributed by atoms with Crippen molar-refractivity contribution in [1.82, 2.24) is 5.32 Å². The molecule has 1 atom stereocenters. The molecule has 138 valence electrons. The summed E-state index contributed by atoms with van der Waals surface area (Å²) >= 11 is 0. The van der Waals surface area contributed by atoms with Gasteiger partial charge in [0.2, 0.25) is 5.91 Å². The number of benzene rings is 2. The molecule has 2 aromatic rings. The topological polar surface area (TPSA) is 50.8 Å². The molecule has 0 saturated carbocycles. The Hall–Kier alpha value is -2.69. The fraction of sp³-hybridized carbons (Fsp3) is 0.381. The average Bonchev–Trinajstić information content (AvgIpc) is 2.66. The second-order valence-corrected chi connectivity index (χ2v) is 6.90. The number of carbonyl (C=O) groups is 1. The Labute approximate surface area is 154 Å². The van der Waals surface area contributed by atoms with Crippen LogP contribution in [0.4, 0.5) is 5.69 Å². The lowest BCUT2D eigenvalue weighted by Gasteiger charge is -2.25. The van der Waals surface area contributed by atoms with E-state index in [4.69, 9.17) is 9.47 Å². The Morgan fingerprint density at radius 1 is 1.23 bits per heavy atom. The summed E-state index contributed by atoms with van der Waals surface area (Å²) in [5.74, 6) is 2.02. The molecule has 1 amide bonds. The second-order valence-electron chi connectivity index (χ2n) is 6.90. The number of hydrogen-bond acceptors (Lipinski definition) is 4. The van der Waals surface area contributed by atoms with E-state index in [0.29, 0.717) is 19.6 Å². The van der Waals surface area contributed by atoms with Crippen molar-refractivity contribution in [3.63, 3.8) is 0 Å². The number of hydrogen-bond donors (Lipinski definition) is 1. The van der Waals surface area contributed by atoms with Crippen molar-refractivity contribution in [2.75, 3.05) is 39.3 Å². The number of rotatable bonds is 6. The van der Waals surface area contributed by atoms with E-state index >= 15 is 0 Å². The molecule has 0 fully saturated rings. The van der Waals surface area contributed by atoms with Gasteiger partial charge in [-0.1, -0.05) is 18.2 Å². The van der Waals surface area contributed by atoms with Crippen LogP contribution in [0, 0.1) is 5.92 Å². The van der Waals surface area contributed by atoms with Gasteiger partial charge in [0.1, 0.15) is 11.5 Å². The van der Waals surface area contributed by atoms with E-state index in [1.165, 1.54) is 0 Å². The molecule has 0 saturated heterocycles. The van der Waals surface area contributed by atoms with Crippen LogP contribution in [0.1, 0.15) is 11.1 Å². The molecule has 1 aliphatic rings. The van der Waals surface area contributed by atoms with Crippen molar-refractivity contribution in [1.29, 1.82) is 0 Å². The first kappa shape index (κ1) is 18.1. The van der Waals surface area contributed by atoms with Gasteiger partial charge in [0, 0.05) is 38.3 Å². The summed E-state index contributed by atoms with van der Waals surface area (Å²) in [5.41, 5.74) is 3.31. The Morgan fingerprint density at radius 2 is 2.00 bits per heavy atom. The lowest BCUT2D eigenvalue weighted by molar-refractivity contribution is -0.120. The van der Waals surface area contributed by atoms with Crippen LogP contribution in [0.3, 0.4) is 0 Å². The number of anilines is 1. The highest BCUT2D eigenvalue weighted by atomic mass is 16.5. The van der Waals surface area contributed by atoms with Crippen LogP contribution in [-0.2, 0) is 17.6 Å². The van der Waals surface area contributed by atoms with E-state index in [0.717, 1.165) is 34.7 Å².